The second kappa shape index (κ2) is 11.6. The van der Waals surface area contributed by atoms with Crippen molar-refractivity contribution in [1.82, 2.24) is 4.48 Å². The summed E-state index contributed by atoms with van der Waals surface area (Å²) >= 11 is 0. The number of para-hydroxylation sites is 1. The normalized spacial score (nSPS) is 14.1. The van der Waals surface area contributed by atoms with Crippen molar-refractivity contribution in [1.29, 1.82) is 0 Å². The zero-order valence-corrected chi connectivity index (χ0v) is 33.4. The van der Waals surface area contributed by atoms with Crippen molar-refractivity contribution in [2.24, 2.45) is 0 Å². The van der Waals surface area contributed by atoms with E-state index in [0.29, 0.717) is 0 Å². The topological polar surface area (TPSA) is 8.17 Å². The van der Waals surface area contributed by atoms with E-state index in [1.54, 1.807) is 5.19 Å². The Morgan fingerprint density at radius 3 is 1.95 bits per heavy atom. The van der Waals surface area contributed by atoms with E-state index in [2.05, 4.69) is 211 Å². The molecule has 0 N–H and O–H groups in total. The maximum absolute atomic E-state index is 2.73. The standard InChI is InChI=1S/C54H37BN2Si/c1-58(2)49-23-12-11-20-41(49)44-33-48-52-51(54(44)58)43-22-13-21-42-50-40-19-10-9-18-37(40)26-31-47(50)57(53(42)43)55(52)45-32-38(35-16-7-4-8-17-35)27-30-46(45)56(48)39-28-24-36(25-29-39)34-14-5-3-6-15-34/h3-33H,1-2H3. The van der Waals surface area contributed by atoms with Crippen LogP contribution in [0.25, 0.3) is 77.1 Å². The highest BCUT2D eigenvalue weighted by Crippen LogP contribution is 2.49. The van der Waals surface area contributed by atoms with E-state index in [0.717, 1.165) is 0 Å². The van der Waals surface area contributed by atoms with Gasteiger partial charge >= 0.3 is 6.85 Å². The smallest absolute Gasteiger partial charge is 0.333 e. The molecule has 0 aliphatic carbocycles. The van der Waals surface area contributed by atoms with Crippen LogP contribution in [0, 0.1) is 0 Å². The van der Waals surface area contributed by atoms with Crippen LogP contribution in [0.4, 0.5) is 17.1 Å². The number of fused-ring (bicyclic) bond motifs is 13. The number of aromatic nitrogens is 1. The molecular weight excluding hydrogens is 716 g/mol. The van der Waals surface area contributed by atoms with E-state index in [4.69, 9.17) is 0 Å². The molecule has 0 atom stereocenters. The van der Waals surface area contributed by atoms with E-state index >= 15 is 0 Å². The largest absolute Gasteiger partial charge is 0.375 e. The lowest BCUT2D eigenvalue weighted by atomic mass is 9.44. The van der Waals surface area contributed by atoms with Crippen LogP contribution in [0.15, 0.2) is 188 Å². The van der Waals surface area contributed by atoms with Crippen molar-refractivity contribution >= 4 is 85.9 Å². The molecule has 0 spiro atoms. The summed E-state index contributed by atoms with van der Waals surface area (Å²) in [6.07, 6.45) is 0. The average Bonchev–Trinajstić information content (AvgIpc) is 3.74. The Bertz CT molecular complexity index is 3370. The van der Waals surface area contributed by atoms with Crippen LogP contribution in [0.2, 0.25) is 13.1 Å². The maximum atomic E-state index is 2.73. The molecule has 1 aromatic heterocycles. The summed E-state index contributed by atoms with van der Waals surface area (Å²) in [6, 6.07) is 70.7. The lowest BCUT2D eigenvalue weighted by Crippen LogP contribution is -2.60. The fourth-order valence-electron chi connectivity index (χ4n) is 11.1. The Morgan fingerprint density at radius 2 is 1.14 bits per heavy atom. The third-order valence-electron chi connectivity index (χ3n) is 13.5. The summed E-state index contributed by atoms with van der Waals surface area (Å²) < 4.78 is 2.73. The molecule has 4 heterocycles. The second-order valence-corrected chi connectivity index (χ2v) is 21.1. The van der Waals surface area contributed by atoms with Crippen molar-refractivity contribution in [3.05, 3.63) is 188 Å². The molecule has 0 amide bonds. The van der Waals surface area contributed by atoms with Crippen molar-refractivity contribution in [2.75, 3.05) is 4.90 Å². The molecule has 270 valence electrons. The van der Waals surface area contributed by atoms with Gasteiger partial charge in [0.2, 0.25) is 0 Å². The van der Waals surface area contributed by atoms with Gasteiger partial charge < -0.3 is 9.38 Å². The number of rotatable bonds is 3. The number of anilines is 3. The quantitative estimate of drug-likeness (QED) is 0.163. The highest BCUT2D eigenvalue weighted by atomic mass is 28.3. The summed E-state index contributed by atoms with van der Waals surface area (Å²) in [5.41, 5.74) is 19.6. The molecule has 3 aliphatic heterocycles. The molecule has 0 saturated heterocycles. The number of benzene rings is 9. The first-order valence-corrected chi connectivity index (χ1v) is 23.5. The van der Waals surface area contributed by atoms with Gasteiger partial charge in [-0.25, -0.2) is 0 Å². The molecule has 0 fully saturated rings. The fraction of sp³-hybridized carbons (Fsp3) is 0.0370. The van der Waals surface area contributed by atoms with Gasteiger partial charge in [-0.05, 0) is 101 Å². The van der Waals surface area contributed by atoms with Gasteiger partial charge in [0.1, 0.15) is 8.07 Å². The van der Waals surface area contributed by atoms with Gasteiger partial charge in [-0.2, -0.15) is 0 Å². The monoisotopic (exact) mass is 752 g/mol. The van der Waals surface area contributed by atoms with Gasteiger partial charge in [-0.1, -0.05) is 171 Å². The van der Waals surface area contributed by atoms with E-state index in [9.17, 15) is 0 Å². The first-order valence-electron chi connectivity index (χ1n) is 20.5. The minimum Gasteiger partial charge on any atom is -0.375 e. The molecule has 10 aromatic rings. The summed E-state index contributed by atoms with van der Waals surface area (Å²) in [6.45, 7) is 5.13. The van der Waals surface area contributed by atoms with Gasteiger partial charge in [-0.3, -0.25) is 0 Å². The number of nitrogens with zero attached hydrogens (tertiary/aromatic N) is 2. The van der Waals surface area contributed by atoms with Crippen molar-refractivity contribution < 1.29 is 0 Å². The Morgan fingerprint density at radius 1 is 0.483 bits per heavy atom. The molecular formula is C54H37BN2Si. The fourth-order valence-corrected chi connectivity index (χ4v) is 14.5. The highest BCUT2D eigenvalue weighted by molar-refractivity contribution is 7.05. The average molecular weight is 753 g/mol. The Hall–Kier alpha value is -6.88. The molecule has 58 heavy (non-hydrogen) atoms. The molecule has 9 aromatic carbocycles. The minimum atomic E-state index is -2.15. The van der Waals surface area contributed by atoms with E-state index in [1.807, 2.05) is 0 Å². The van der Waals surface area contributed by atoms with E-state index in [-0.39, 0.29) is 6.85 Å². The van der Waals surface area contributed by atoms with Gasteiger partial charge in [0.25, 0.3) is 0 Å². The zero-order chi connectivity index (χ0) is 38.3. The van der Waals surface area contributed by atoms with Crippen LogP contribution >= 0.6 is 0 Å². The second-order valence-electron chi connectivity index (χ2n) is 16.8. The Kier molecular flexibility index (Phi) is 6.44. The highest BCUT2D eigenvalue weighted by Gasteiger charge is 2.49. The van der Waals surface area contributed by atoms with Crippen LogP contribution in [0.1, 0.15) is 0 Å². The predicted molar refractivity (Wildman–Crippen MR) is 251 cm³/mol. The molecule has 2 nitrogen and oxygen atoms in total. The number of hydrogen-bond acceptors (Lipinski definition) is 1. The minimum absolute atomic E-state index is 0.0293. The molecule has 13 rings (SSSR count). The van der Waals surface area contributed by atoms with Crippen LogP contribution in [0.3, 0.4) is 0 Å². The van der Waals surface area contributed by atoms with Crippen LogP contribution < -0.4 is 26.2 Å². The molecule has 4 heteroatoms. The molecule has 0 unspecified atom stereocenters. The Labute approximate surface area is 339 Å². The van der Waals surface area contributed by atoms with Crippen LogP contribution in [-0.2, 0) is 0 Å². The van der Waals surface area contributed by atoms with Gasteiger partial charge in [0, 0.05) is 44.4 Å². The molecule has 0 bridgehead atoms. The zero-order valence-electron chi connectivity index (χ0n) is 32.4. The third kappa shape index (κ3) is 4.17. The summed E-state index contributed by atoms with van der Waals surface area (Å²) in [5.74, 6) is 0. The molecule has 3 aliphatic rings. The van der Waals surface area contributed by atoms with Crippen molar-refractivity contribution in [2.45, 2.75) is 13.1 Å². The SMILES string of the molecule is C[Si]1(C)c2ccccc2-c2cc3c4c(c21)-c1cccc2c5c6ccccc6ccc5n(c12)B4c1cc(-c2ccccc2)ccc1N3c1ccc(-c2ccccc2)cc1. The van der Waals surface area contributed by atoms with Crippen LogP contribution in [-0.4, -0.2) is 19.4 Å². The predicted octanol–water partition coefficient (Wildman–Crippen LogP) is 11.5. The first-order chi connectivity index (χ1) is 28.6. The van der Waals surface area contributed by atoms with Crippen LogP contribution in [0.5, 0.6) is 0 Å². The lowest BCUT2D eigenvalue weighted by Gasteiger charge is -2.42. The maximum Gasteiger partial charge on any atom is 0.333 e. The Balaban J connectivity index is 1.20. The number of hydrogen-bond donors (Lipinski definition) is 0. The molecule has 0 saturated carbocycles. The summed E-state index contributed by atoms with van der Waals surface area (Å²) in [5, 5.41) is 8.39. The van der Waals surface area contributed by atoms with E-state index < -0.39 is 8.07 Å². The van der Waals surface area contributed by atoms with E-state index in [1.165, 1.54) is 110 Å². The van der Waals surface area contributed by atoms with Crippen molar-refractivity contribution in [3.63, 3.8) is 0 Å². The van der Waals surface area contributed by atoms with Gasteiger partial charge in [0.05, 0.1) is 0 Å². The summed E-state index contributed by atoms with van der Waals surface area (Å²) in [4.78, 5) is 2.58. The first kappa shape index (κ1) is 32.2. The molecule has 0 radical (unpaired) electrons. The summed E-state index contributed by atoms with van der Waals surface area (Å²) in [7, 11) is -2.15. The third-order valence-corrected chi connectivity index (χ3v) is 17.1. The van der Waals surface area contributed by atoms with Gasteiger partial charge in [0.15, 0.2) is 0 Å². The van der Waals surface area contributed by atoms with Crippen molar-refractivity contribution in [3.8, 4) is 44.5 Å². The lowest BCUT2D eigenvalue weighted by molar-refractivity contribution is 1.26. The van der Waals surface area contributed by atoms with Gasteiger partial charge in [-0.15, -0.1) is 0 Å².